The van der Waals surface area contributed by atoms with Gasteiger partial charge in [0.2, 0.25) is 17.6 Å². The maximum absolute atomic E-state index is 12.6. The number of hydrogen-bond acceptors (Lipinski definition) is 6. The highest BCUT2D eigenvalue weighted by Crippen LogP contribution is 2.22. The largest absolute Gasteiger partial charge is 0.497 e. The Kier molecular flexibility index (Phi) is 5.74. The van der Waals surface area contributed by atoms with Crippen LogP contribution < -0.4 is 9.64 Å². The van der Waals surface area contributed by atoms with Gasteiger partial charge in [-0.2, -0.15) is 4.98 Å². The fourth-order valence-corrected chi connectivity index (χ4v) is 3.45. The van der Waals surface area contributed by atoms with E-state index >= 15 is 0 Å². The molecule has 150 valence electrons. The second kappa shape index (κ2) is 8.77. The van der Waals surface area contributed by atoms with E-state index in [2.05, 4.69) is 21.1 Å². The Balaban J connectivity index is 1.27. The minimum absolute atomic E-state index is 0.120. The predicted molar refractivity (Wildman–Crippen MR) is 110 cm³/mol. The summed E-state index contributed by atoms with van der Waals surface area (Å²) in [6.45, 7) is 3.01. The van der Waals surface area contributed by atoms with Gasteiger partial charge >= 0.3 is 0 Å². The normalized spacial score (nSPS) is 14.1. The second-order valence-corrected chi connectivity index (χ2v) is 6.95. The molecule has 1 aliphatic heterocycles. The predicted octanol–water partition coefficient (Wildman–Crippen LogP) is 3.03. The van der Waals surface area contributed by atoms with Crippen molar-refractivity contribution in [1.82, 2.24) is 15.0 Å². The van der Waals surface area contributed by atoms with Gasteiger partial charge in [0.25, 0.3) is 0 Å². The lowest BCUT2D eigenvalue weighted by molar-refractivity contribution is -0.131. The number of ether oxygens (including phenoxy) is 1. The molecule has 29 heavy (non-hydrogen) atoms. The molecule has 3 aromatic rings. The highest BCUT2D eigenvalue weighted by atomic mass is 16.5. The molecular weight excluding hydrogens is 368 g/mol. The van der Waals surface area contributed by atoms with Crippen molar-refractivity contribution in [3.63, 3.8) is 0 Å². The summed E-state index contributed by atoms with van der Waals surface area (Å²) in [6, 6.07) is 17.7. The van der Waals surface area contributed by atoms with Crippen LogP contribution in [0.3, 0.4) is 0 Å². The molecule has 2 heterocycles. The fraction of sp³-hybridized carbons (Fsp3) is 0.318. The minimum atomic E-state index is 0.120. The lowest BCUT2D eigenvalue weighted by Crippen LogP contribution is -2.48. The van der Waals surface area contributed by atoms with Crippen LogP contribution in [-0.2, 0) is 11.2 Å². The number of amides is 1. The van der Waals surface area contributed by atoms with Crippen LogP contribution in [0.2, 0.25) is 0 Å². The van der Waals surface area contributed by atoms with Crippen molar-refractivity contribution in [2.75, 3.05) is 38.2 Å². The summed E-state index contributed by atoms with van der Waals surface area (Å²) in [5.74, 6) is 2.01. The van der Waals surface area contributed by atoms with Crippen molar-refractivity contribution in [2.45, 2.75) is 12.8 Å². The summed E-state index contributed by atoms with van der Waals surface area (Å²) in [5.41, 5.74) is 2.03. The second-order valence-electron chi connectivity index (χ2n) is 6.95. The van der Waals surface area contributed by atoms with E-state index in [1.807, 2.05) is 53.4 Å². The van der Waals surface area contributed by atoms with Crippen LogP contribution in [0.15, 0.2) is 59.1 Å². The Bertz CT molecular complexity index is 949. The summed E-state index contributed by atoms with van der Waals surface area (Å²) < 4.78 is 10.6. The van der Waals surface area contributed by atoms with Crippen molar-refractivity contribution in [3.05, 3.63) is 60.5 Å². The smallest absolute Gasteiger partial charge is 0.227 e. The Hall–Kier alpha value is -3.35. The molecule has 0 unspecified atom stereocenters. The lowest BCUT2D eigenvalue weighted by atomic mass is 10.2. The molecule has 1 aromatic heterocycles. The van der Waals surface area contributed by atoms with E-state index in [-0.39, 0.29) is 5.91 Å². The van der Waals surface area contributed by atoms with Crippen molar-refractivity contribution in [3.8, 4) is 17.1 Å². The Morgan fingerprint density at radius 1 is 1.07 bits per heavy atom. The zero-order valence-electron chi connectivity index (χ0n) is 16.5. The van der Waals surface area contributed by atoms with Crippen molar-refractivity contribution in [2.24, 2.45) is 0 Å². The molecule has 1 saturated heterocycles. The van der Waals surface area contributed by atoms with Crippen LogP contribution >= 0.6 is 0 Å². The molecule has 2 aromatic carbocycles. The van der Waals surface area contributed by atoms with Gasteiger partial charge in [-0.3, -0.25) is 4.79 Å². The third-order valence-electron chi connectivity index (χ3n) is 5.10. The van der Waals surface area contributed by atoms with Gasteiger partial charge < -0.3 is 19.1 Å². The van der Waals surface area contributed by atoms with E-state index in [0.29, 0.717) is 37.6 Å². The molecule has 0 saturated carbocycles. The van der Waals surface area contributed by atoms with Crippen molar-refractivity contribution in [1.29, 1.82) is 0 Å². The van der Waals surface area contributed by atoms with E-state index in [1.165, 1.54) is 0 Å². The van der Waals surface area contributed by atoms with E-state index in [1.54, 1.807) is 7.11 Å². The molecule has 1 fully saturated rings. The quantitative estimate of drug-likeness (QED) is 0.642. The van der Waals surface area contributed by atoms with Crippen LogP contribution in [0.4, 0.5) is 5.69 Å². The van der Waals surface area contributed by atoms with Gasteiger partial charge in [0.15, 0.2) is 0 Å². The summed E-state index contributed by atoms with van der Waals surface area (Å²) in [4.78, 5) is 21.2. The third kappa shape index (κ3) is 4.56. The van der Waals surface area contributed by atoms with Gasteiger partial charge in [-0.05, 0) is 12.1 Å². The highest BCUT2D eigenvalue weighted by molar-refractivity contribution is 5.76. The van der Waals surface area contributed by atoms with Gasteiger partial charge in [0.05, 0.1) is 7.11 Å². The topological polar surface area (TPSA) is 71.7 Å². The number of piperazine rings is 1. The molecular formula is C22H24N4O3. The molecule has 0 N–H and O–H groups in total. The number of carbonyl (C=O) groups is 1. The number of aryl methyl sites for hydroxylation is 1. The van der Waals surface area contributed by atoms with Crippen LogP contribution in [-0.4, -0.2) is 54.2 Å². The maximum atomic E-state index is 12.6. The Morgan fingerprint density at radius 3 is 2.62 bits per heavy atom. The molecule has 0 radical (unpaired) electrons. The molecule has 7 heteroatoms. The first-order valence-corrected chi connectivity index (χ1v) is 9.78. The summed E-state index contributed by atoms with van der Waals surface area (Å²) in [6.07, 6.45) is 0.824. The Labute approximate surface area is 169 Å². The molecule has 0 bridgehead atoms. The highest BCUT2D eigenvalue weighted by Gasteiger charge is 2.22. The van der Waals surface area contributed by atoms with Crippen molar-refractivity contribution >= 4 is 11.6 Å². The van der Waals surface area contributed by atoms with E-state index < -0.39 is 0 Å². The van der Waals surface area contributed by atoms with E-state index in [0.717, 1.165) is 30.1 Å². The van der Waals surface area contributed by atoms with Crippen LogP contribution in [0.5, 0.6) is 5.75 Å². The number of hydrogen-bond donors (Lipinski definition) is 0. The van der Waals surface area contributed by atoms with Gasteiger partial charge in [0.1, 0.15) is 5.75 Å². The standard InChI is InChI=1S/C22H24N4O3/c1-28-19-9-5-8-18(16-19)25-12-14-26(15-13-25)21(27)11-10-20-23-22(24-29-20)17-6-3-2-4-7-17/h2-9,16H,10-15H2,1H3. The van der Waals surface area contributed by atoms with E-state index in [9.17, 15) is 4.79 Å². The first-order valence-electron chi connectivity index (χ1n) is 9.78. The van der Waals surface area contributed by atoms with Crippen molar-refractivity contribution < 1.29 is 14.1 Å². The number of carbonyl (C=O) groups excluding carboxylic acids is 1. The monoisotopic (exact) mass is 392 g/mol. The minimum Gasteiger partial charge on any atom is -0.497 e. The number of anilines is 1. The zero-order valence-corrected chi connectivity index (χ0v) is 16.5. The molecule has 0 aliphatic carbocycles. The number of methoxy groups -OCH3 is 1. The molecule has 7 nitrogen and oxygen atoms in total. The molecule has 1 amide bonds. The van der Waals surface area contributed by atoms with Gasteiger partial charge in [-0.15, -0.1) is 0 Å². The van der Waals surface area contributed by atoms with Crippen LogP contribution in [0.1, 0.15) is 12.3 Å². The lowest BCUT2D eigenvalue weighted by Gasteiger charge is -2.36. The van der Waals surface area contributed by atoms with Crippen LogP contribution in [0, 0.1) is 0 Å². The van der Waals surface area contributed by atoms with E-state index in [4.69, 9.17) is 9.26 Å². The van der Waals surface area contributed by atoms with Gasteiger partial charge in [0, 0.05) is 56.3 Å². The first kappa shape index (κ1) is 19.0. The first-order chi connectivity index (χ1) is 14.2. The number of nitrogens with zero attached hydrogens (tertiary/aromatic N) is 4. The van der Waals surface area contributed by atoms with Gasteiger partial charge in [-0.1, -0.05) is 41.6 Å². The Morgan fingerprint density at radius 2 is 1.86 bits per heavy atom. The maximum Gasteiger partial charge on any atom is 0.227 e. The molecule has 1 aliphatic rings. The summed E-state index contributed by atoms with van der Waals surface area (Å²) >= 11 is 0. The SMILES string of the molecule is COc1cccc(N2CCN(C(=O)CCc3nc(-c4ccccc4)no3)CC2)c1. The molecule has 0 spiro atoms. The fourth-order valence-electron chi connectivity index (χ4n) is 3.45. The average molecular weight is 392 g/mol. The summed E-state index contributed by atoms with van der Waals surface area (Å²) in [5, 5.41) is 4.01. The molecule has 0 atom stereocenters. The summed E-state index contributed by atoms with van der Waals surface area (Å²) in [7, 11) is 1.67. The average Bonchev–Trinajstić information content (AvgIpc) is 3.27. The molecule has 4 rings (SSSR count). The third-order valence-corrected chi connectivity index (χ3v) is 5.10. The number of rotatable bonds is 6. The number of aromatic nitrogens is 2. The van der Waals surface area contributed by atoms with Crippen LogP contribution in [0.25, 0.3) is 11.4 Å². The zero-order chi connectivity index (χ0) is 20.1. The number of benzene rings is 2. The van der Waals surface area contributed by atoms with Gasteiger partial charge in [-0.25, -0.2) is 0 Å².